The average Bonchev–Trinajstić information content (AvgIpc) is 2.73. The Hall–Kier alpha value is -0.870. The number of aliphatic hydroxyl groups is 1. The van der Waals surface area contributed by atoms with Crippen molar-refractivity contribution in [2.75, 3.05) is 18.5 Å². The highest BCUT2D eigenvalue weighted by Gasteiger charge is 2.33. The molecule has 0 unspecified atom stereocenters. The SMILES string of the molecule is CN(CC1(O)CCCC1)c1cc(Cl)nc(C(C)(C)C)n1. The molecule has 0 amide bonds. The first kappa shape index (κ1) is 15.5. The highest BCUT2D eigenvalue weighted by atomic mass is 35.5. The number of aromatic nitrogens is 2. The molecule has 1 aliphatic rings. The molecule has 5 heteroatoms. The molecule has 0 saturated heterocycles. The van der Waals surface area contributed by atoms with Crippen molar-refractivity contribution in [3.05, 3.63) is 17.0 Å². The van der Waals surface area contributed by atoms with E-state index in [1.54, 1.807) is 6.07 Å². The van der Waals surface area contributed by atoms with Crippen LogP contribution >= 0.6 is 11.6 Å². The Balaban J connectivity index is 2.21. The van der Waals surface area contributed by atoms with Crippen molar-refractivity contribution >= 4 is 17.4 Å². The van der Waals surface area contributed by atoms with Crippen LogP contribution in [0.1, 0.15) is 52.3 Å². The van der Waals surface area contributed by atoms with Gasteiger partial charge in [-0.15, -0.1) is 0 Å². The zero-order valence-corrected chi connectivity index (χ0v) is 13.5. The maximum Gasteiger partial charge on any atom is 0.137 e. The molecule has 2 rings (SSSR count). The summed E-state index contributed by atoms with van der Waals surface area (Å²) in [5.41, 5.74) is -0.737. The summed E-state index contributed by atoms with van der Waals surface area (Å²) in [5.74, 6) is 1.50. The first-order chi connectivity index (χ1) is 9.20. The summed E-state index contributed by atoms with van der Waals surface area (Å²) in [5, 5.41) is 11.0. The van der Waals surface area contributed by atoms with E-state index in [9.17, 15) is 5.11 Å². The van der Waals surface area contributed by atoms with E-state index in [4.69, 9.17) is 11.6 Å². The van der Waals surface area contributed by atoms with Gasteiger partial charge in [-0.1, -0.05) is 45.2 Å². The molecule has 1 N–H and O–H groups in total. The highest BCUT2D eigenvalue weighted by Crippen LogP contribution is 2.31. The van der Waals surface area contributed by atoms with Crippen LogP contribution in [0.15, 0.2) is 6.07 Å². The summed E-state index contributed by atoms with van der Waals surface area (Å²) in [4.78, 5) is 10.9. The molecular formula is C15H24ClN3O. The van der Waals surface area contributed by atoms with Crippen LogP contribution in [0.5, 0.6) is 0 Å². The third-order valence-corrected chi connectivity index (χ3v) is 4.00. The first-order valence-corrected chi connectivity index (χ1v) is 7.56. The van der Waals surface area contributed by atoms with Gasteiger partial charge in [0.2, 0.25) is 0 Å². The molecule has 1 fully saturated rings. The fraction of sp³-hybridized carbons (Fsp3) is 0.733. The lowest BCUT2D eigenvalue weighted by atomic mass is 9.96. The van der Waals surface area contributed by atoms with Gasteiger partial charge >= 0.3 is 0 Å². The number of halogens is 1. The van der Waals surface area contributed by atoms with Crippen molar-refractivity contribution < 1.29 is 5.11 Å². The molecule has 1 aromatic rings. The largest absolute Gasteiger partial charge is 0.388 e. The summed E-state index contributed by atoms with van der Waals surface area (Å²) in [7, 11) is 1.95. The molecule has 112 valence electrons. The molecule has 1 aromatic heterocycles. The van der Waals surface area contributed by atoms with E-state index < -0.39 is 5.60 Å². The number of hydrogen-bond donors (Lipinski definition) is 1. The summed E-state index contributed by atoms with van der Waals surface area (Å²) >= 11 is 6.11. The van der Waals surface area contributed by atoms with Crippen molar-refractivity contribution in [3.8, 4) is 0 Å². The van der Waals surface area contributed by atoms with Crippen molar-refractivity contribution in [3.63, 3.8) is 0 Å². The predicted molar refractivity (Wildman–Crippen MR) is 82.4 cm³/mol. The minimum atomic E-state index is -0.589. The van der Waals surface area contributed by atoms with Crippen LogP contribution in [-0.4, -0.2) is 34.3 Å². The average molecular weight is 298 g/mol. The summed E-state index contributed by atoms with van der Waals surface area (Å²) in [6, 6.07) is 1.76. The van der Waals surface area contributed by atoms with Crippen LogP contribution < -0.4 is 4.90 Å². The Labute approximate surface area is 126 Å². The van der Waals surface area contributed by atoms with E-state index in [2.05, 4.69) is 30.7 Å². The number of hydrogen-bond acceptors (Lipinski definition) is 4. The lowest BCUT2D eigenvalue weighted by Gasteiger charge is -2.30. The van der Waals surface area contributed by atoms with E-state index in [1.165, 1.54) is 0 Å². The molecule has 0 aliphatic heterocycles. The highest BCUT2D eigenvalue weighted by molar-refractivity contribution is 6.29. The zero-order chi connectivity index (χ0) is 15.0. The summed E-state index contributed by atoms with van der Waals surface area (Å²) in [6.45, 7) is 6.77. The smallest absolute Gasteiger partial charge is 0.137 e. The zero-order valence-electron chi connectivity index (χ0n) is 12.8. The first-order valence-electron chi connectivity index (χ1n) is 7.18. The molecule has 0 atom stereocenters. The quantitative estimate of drug-likeness (QED) is 0.871. The molecule has 0 radical (unpaired) electrons. The Morgan fingerprint density at radius 3 is 2.45 bits per heavy atom. The maximum absolute atomic E-state index is 10.5. The third kappa shape index (κ3) is 3.61. The Bertz CT molecular complexity index is 478. The molecular weight excluding hydrogens is 274 g/mol. The van der Waals surface area contributed by atoms with Gasteiger partial charge < -0.3 is 10.0 Å². The van der Waals surface area contributed by atoms with Crippen LogP contribution in [0, 0.1) is 0 Å². The standard InChI is InChI=1S/C15H24ClN3O/c1-14(2,3)13-17-11(16)9-12(18-13)19(4)10-15(20)7-5-6-8-15/h9,20H,5-8,10H2,1-4H3. The molecule has 0 bridgehead atoms. The van der Waals surface area contributed by atoms with Crippen LogP contribution in [-0.2, 0) is 5.41 Å². The van der Waals surface area contributed by atoms with Gasteiger partial charge in [-0.2, -0.15) is 0 Å². The number of nitrogens with zero attached hydrogens (tertiary/aromatic N) is 3. The Morgan fingerprint density at radius 2 is 1.90 bits per heavy atom. The van der Waals surface area contributed by atoms with E-state index >= 15 is 0 Å². The second kappa shape index (κ2) is 5.49. The fourth-order valence-electron chi connectivity index (χ4n) is 2.65. The van der Waals surface area contributed by atoms with Gasteiger partial charge in [0, 0.05) is 25.1 Å². The van der Waals surface area contributed by atoms with Crippen molar-refractivity contribution in [1.82, 2.24) is 9.97 Å². The fourth-order valence-corrected chi connectivity index (χ4v) is 2.83. The minimum absolute atomic E-state index is 0.148. The second-order valence-corrected chi connectivity index (χ2v) is 7.30. The van der Waals surface area contributed by atoms with Gasteiger partial charge in [0.05, 0.1) is 5.60 Å². The lowest BCUT2D eigenvalue weighted by Crippen LogP contribution is -2.39. The summed E-state index contributed by atoms with van der Waals surface area (Å²) in [6.07, 6.45) is 3.93. The van der Waals surface area contributed by atoms with Crippen LogP contribution in [0.25, 0.3) is 0 Å². The van der Waals surface area contributed by atoms with Crippen LogP contribution in [0.4, 0.5) is 5.82 Å². The van der Waals surface area contributed by atoms with Gasteiger partial charge in [0.15, 0.2) is 0 Å². The third-order valence-electron chi connectivity index (χ3n) is 3.81. The molecule has 0 spiro atoms. The van der Waals surface area contributed by atoms with E-state index in [0.29, 0.717) is 11.7 Å². The molecule has 0 aromatic carbocycles. The molecule has 20 heavy (non-hydrogen) atoms. The predicted octanol–water partition coefficient (Wildman–Crippen LogP) is 3.17. The van der Waals surface area contributed by atoms with E-state index in [-0.39, 0.29) is 5.41 Å². The minimum Gasteiger partial charge on any atom is -0.388 e. The van der Waals surface area contributed by atoms with Crippen molar-refractivity contribution in [2.24, 2.45) is 0 Å². The van der Waals surface area contributed by atoms with Gasteiger partial charge in [-0.3, -0.25) is 0 Å². The molecule has 1 heterocycles. The molecule has 1 aliphatic carbocycles. The number of anilines is 1. The van der Waals surface area contributed by atoms with Crippen molar-refractivity contribution in [1.29, 1.82) is 0 Å². The van der Waals surface area contributed by atoms with Gasteiger partial charge in [0.25, 0.3) is 0 Å². The van der Waals surface area contributed by atoms with Crippen LogP contribution in [0.2, 0.25) is 5.15 Å². The number of likely N-dealkylation sites (N-methyl/N-ethyl adjacent to an activating group) is 1. The topological polar surface area (TPSA) is 49.2 Å². The van der Waals surface area contributed by atoms with Crippen molar-refractivity contribution in [2.45, 2.75) is 57.5 Å². The van der Waals surface area contributed by atoms with Gasteiger partial charge in [-0.25, -0.2) is 9.97 Å². The Morgan fingerprint density at radius 1 is 1.30 bits per heavy atom. The maximum atomic E-state index is 10.5. The molecule has 1 saturated carbocycles. The van der Waals surface area contributed by atoms with E-state index in [0.717, 1.165) is 37.3 Å². The van der Waals surface area contributed by atoms with Crippen LogP contribution in [0.3, 0.4) is 0 Å². The van der Waals surface area contributed by atoms with Gasteiger partial charge in [0.1, 0.15) is 16.8 Å². The van der Waals surface area contributed by atoms with Gasteiger partial charge in [-0.05, 0) is 12.8 Å². The number of rotatable bonds is 3. The second-order valence-electron chi connectivity index (χ2n) is 6.91. The lowest BCUT2D eigenvalue weighted by molar-refractivity contribution is 0.0558. The summed E-state index contributed by atoms with van der Waals surface area (Å²) < 4.78 is 0. The Kier molecular flexibility index (Phi) is 4.26. The monoisotopic (exact) mass is 297 g/mol. The molecule has 4 nitrogen and oxygen atoms in total. The van der Waals surface area contributed by atoms with E-state index in [1.807, 2.05) is 11.9 Å². The normalized spacial score (nSPS) is 18.3.